The van der Waals surface area contributed by atoms with Crippen LogP contribution in [-0.4, -0.2) is 30.6 Å². The number of benzene rings is 1. The molecule has 19 heavy (non-hydrogen) atoms. The summed E-state index contributed by atoms with van der Waals surface area (Å²) in [6.45, 7) is 2.30. The molecule has 1 N–H and O–H groups in total. The maximum absolute atomic E-state index is 12.0. The summed E-state index contributed by atoms with van der Waals surface area (Å²) < 4.78 is 4.90. The van der Waals surface area contributed by atoms with Crippen LogP contribution in [0.15, 0.2) is 18.2 Å². The Balaban J connectivity index is 2.88. The average Bonchev–Trinajstić information content (AvgIpc) is 2.35. The molecule has 7 heteroatoms. The molecule has 0 aliphatic rings. The van der Waals surface area contributed by atoms with E-state index in [1.54, 1.807) is 14.0 Å². The second-order valence-corrected chi connectivity index (χ2v) is 4.46. The number of methoxy groups -OCH3 is 1. The molecular formula is C12H15ClN2O4. The van der Waals surface area contributed by atoms with E-state index >= 15 is 0 Å². The van der Waals surface area contributed by atoms with Crippen molar-refractivity contribution in [3.8, 4) is 0 Å². The Morgan fingerprint density at radius 3 is 2.84 bits per heavy atom. The summed E-state index contributed by atoms with van der Waals surface area (Å²) >= 11 is 5.75. The molecule has 1 aromatic rings. The van der Waals surface area contributed by atoms with Crippen LogP contribution < -0.4 is 5.32 Å². The second-order valence-electron chi connectivity index (χ2n) is 4.05. The van der Waals surface area contributed by atoms with Crippen molar-refractivity contribution in [1.82, 2.24) is 5.32 Å². The van der Waals surface area contributed by atoms with Crippen LogP contribution in [0.5, 0.6) is 0 Å². The molecule has 0 saturated heterocycles. The van der Waals surface area contributed by atoms with Gasteiger partial charge in [0.1, 0.15) is 10.6 Å². The van der Waals surface area contributed by atoms with Crippen LogP contribution in [0.2, 0.25) is 5.02 Å². The van der Waals surface area contributed by atoms with Gasteiger partial charge in [-0.2, -0.15) is 0 Å². The SMILES string of the molecule is COCCC(C)NC(=O)c1cccc(Cl)c1[N+](=O)[O-]. The molecule has 0 aliphatic carbocycles. The van der Waals surface area contributed by atoms with Crippen molar-refractivity contribution >= 4 is 23.2 Å². The Morgan fingerprint density at radius 2 is 2.26 bits per heavy atom. The third-order valence-corrected chi connectivity index (χ3v) is 2.85. The van der Waals surface area contributed by atoms with Crippen molar-refractivity contribution in [2.75, 3.05) is 13.7 Å². The summed E-state index contributed by atoms with van der Waals surface area (Å²) in [5.41, 5.74) is -0.414. The molecule has 1 aromatic carbocycles. The number of amides is 1. The van der Waals surface area contributed by atoms with Crippen LogP contribution in [0.1, 0.15) is 23.7 Å². The van der Waals surface area contributed by atoms with Gasteiger partial charge in [0.15, 0.2) is 0 Å². The fourth-order valence-electron chi connectivity index (χ4n) is 1.55. The highest BCUT2D eigenvalue weighted by Gasteiger charge is 2.24. The number of rotatable bonds is 6. The van der Waals surface area contributed by atoms with E-state index in [1.165, 1.54) is 18.2 Å². The van der Waals surface area contributed by atoms with E-state index in [4.69, 9.17) is 16.3 Å². The molecule has 0 saturated carbocycles. The van der Waals surface area contributed by atoms with Gasteiger partial charge in [-0.1, -0.05) is 17.7 Å². The number of nitro benzene ring substituents is 1. The highest BCUT2D eigenvalue weighted by molar-refractivity contribution is 6.33. The van der Waals surface area contributed by atoms with E-state index < -0.39 is 10.8 Å². The molecule has 1 atom stereocenters. The first kappa shape index (κ1) is 15.4. The third-order valence-electron chi connectivity index (χ3n) is 2.55. The van der Waals surface area contributed by atoms with Crippen LogP contribution in [-0.2, 0) is 4.74 Å². The second kappa shape index (κ2) is 7.06. The zero-order valence-electron chi connectivity index (χ0n) is 10.7. The molecule has 0 aromatic heterocycles. The normalized spacial score (nSPS) is 11.9. The van der Waals surface area contributed by atoms with Crippen molar-refractivity contribution in [2.24, 2.45) is 0 Å². The van der Waals surface area contributed by atoms with Gasteiger partial charge in [0.05, 0.1) is 4.92 Å². The van der Waals surface area contributed by atoms with E-state index in [2.05, 4.69) is 5.32 Å². The monoisotopic (exact) mass is 286 g/mol. The number of ether oxygens (including phenoxy) is 1. The minimum atomic E-state index is -0.656. The van der Waals surface area contributed by atoms with Gasteiger partial charge in [-0.15, -0.1) is 0 Å². The molecular weight excluding hydrogens is 272 g/mol. The lowest BCUT2D eigenvalue weighted by Crippen LogP contribution is -2.33. The molecule has 6 nitrogen and oxygen atoms in total. The fraction of sp³-hybridized carbons (Fsp3) is 0.417. The third kappa shape index (κ3) is 4.18. The Hall–Kier alpha value is -1.66. The molecule has 1 rings (SSSR count). The van der Waals surface area contributed by atoms with E-state index in [-0.39, 0.29) is 22.3 Å². The van der Waals surface area contributed by atoms with Crippen molar-refractivity contribution in [1.29, 1.82) is 0 Å². The Bertz CT molecular complexity index is 479. The van der Waals surface area contributed by atoms with Gasteiger partial charge in [-0.3, -0.25) is 14.9 Å². The van der Waals surface area contributed by atoms with Crippen LogP contribution in [0, 0.1) is 10.1 Å². The summed E-state index contributed by atoms with van der Waals surface area (Å²) in [5, 5.41) is 13.5. The number of nitrogens with zero attached hydrogens (tertiary/aromatic N) is 1. The molecule has 0 bridgehead atoms. The Morgan fingerprint density at radius 1 is 1.58 bits per heavy atom. The van der Waals surface area contributed by atoms with Crippen LogP contribution >= 0.6 is 11.6 Å². The summed E-state index contributed by atoms with van der Waals surface area (Å²) in [6.07, 6.45) is 0.622. The Kier molecular flexibility index (Phi) is 5.72. The van der Waals surface area contributed by atoms with Crippen molar-refractivity contribution in [3.05, 3.63) is 38.9 Å². The van der Waals surface area contributed by atoms with E-state index in [9.17, 15) is 14.9 Å². The lowest BCUT2D eigenvalue weighted by molar-refractivity contribution is -0.385. The van der Waals surface area contributed by atoms with E-state index in [1.807, 2.05) is 0 Å². The lowest BCUT2D eigenvalue weighted by Gasteiger charge is -2.13. The van der Waals surface area contributed by atoms with Crippen LogP contribution in [0.3, 0.4) is 0 Å². The molecule has 0 aliphatic heterocycles. The number of nitrogens with one attached hydrogen (secondary N) is 1. The lowest BCUT2D eigenvalue weighted by atomic mass is 10.1. The number of carbonyl (C=O) groups is 1. The largest absolute Gasteiger partial charge is 0.385 e. The smallest absolute Gasteiger partial charge is 0.300 e. The first-order valence-electron chi connectivity index (χ1n) is 5.70. The van der Waals surface area contributed by atoms with Gasteiger partial charge < -0.3 is 10.1 Å². The summed E-state index contributed by atoms with van der Waals surface area (Å²) in [5.74, 6) is -0.516. The fourth-order valence-corrected chi connectivity index (χ4v) is 1.80. The predicted octanol–water partition coefficient (Wildman–Crippen LogP) is 2.40. The zero-order chi connectivity index (χ0) is 14.4. The molecule has 1 amide bonds. The number of para-hydroxylation sites is 1. The van der Waals surface area contributed by atoms with Gasteiger partial charge in [-0.05, 0) is 25.5 Å². The first-order valence-corrected chi connectivity index (χ1v) is 6.08. The quantitative estimate of drug-likeness (QED) is 0.643. The van der Waals surface area contributed by atoms with Gasteiger partial charge in [0.2, 0.25) is 0 Å². The van der Waals surface area contributed by atoms with Crippen LogP contribution in [0.25, 0.3) is 0 Å². The molecule has 104 valence electrons. The average molecular weight is 287 g/mol. The van der Waals surface area contributed by atoms with E-state index in [0.29, 0.717) is 13.0 Å². The topological polar surface area (TPSA) is 81.5 Å². The minimum Gasteiger partial charge on any atom is -0.385 e. The molecule has 0 spiro atoms. The van der Waals surface area contributed by atoms with Gasteiger partial charge in [-0.25, -0.2) is 0 Å². The predicted molar refractivity (Wildman–Crippen MR) is 71.5 cm³/mol. The zero-order valence-corrected chi connectivity index (χ0v) is 11.4. The highest BCUT2D eigenvalue weighted by Crippen LogP contribution is 2.28. The standard InChI is InChI=1S/C12H15ClN2O4/c1-8(6-7-19-2)14-12(16)9-4-3-5-10(13)11(9)15(17)18/h3-5,8H,6-7H2,1-2H3,(H,14,16). The maximum atomic E-state index is 12.0. The van der Waals surface area contributed by atoms with E-state index in [0.717, 1.165) is 0 Å². The Labute approximate surface area is 115 Å². The minimum absolute atomic E-state index is 0.0400. The first-order chi connectivity index (χ1) is 8.97. The number of carbonyl (C=O) groups excluding carboxylic acids is 1. The summed E-state index contributed by atoms with van der Waals surface area (Å²) in [7, 11) is 1.57. The van der Waals surface area contributed by atoms with Gasteiger partial charge in [0, 0.05) is 19.8 Å². The summed E-state index contributed by atoms with van der Waals surface area (Å²) in [4.78, 5) is 22.3. The summed E-state index contributed by atoms with van der Waals surface area (Å²) in [6, 6.07) is 4.11. The highest BCUT2D eigenvalue weighted by atomic mass is 35.5. The van der Waals surface area contributed by atoms with Crippen LogP contribution in [0.4, 0.5) is 5.69 Å². The molecule has 0 fully saturated rings. The van der Waals surface area contributed by atoms with Gasteiger partial charge >= 0.3 is 5.69 Å². The number of halogens is 1. The number of hydrogen-bond acceptors (Lipinski definition) is 4. The molecule has 0 radical (unpaired) electrons. The van der Waals surface area contributed by atoms with Crippen molar-refractivity contribution in [3.63, 3.8) is 0 Å². The van der Waals surface area contributed by atoms with Gasteiger partial charge in [0.25, 0.3) is 5.91 Å². The molecule has 1 unspecified atom stereocenters. The van der Waals surface area contributed by atoms with Crippen molar-refractivity contribution < 1.29 is 14.5 Å². The maximum Gasteiger partial charge on any atom is 0.300 e. The number of hydrogen-bond donors (Lipinski definition) is 1. The van der Waals surface area contributed by atoms with Crippen molar-refractivity contribution in [2.45, 2.75) is 19.4 Å². The number of nitro groups is 1. The molecule has 0 heterocycles.